The maximum Gasteiger partial charge on any atom is 0.326 e. The zero-order chi connectivity index (χ0) is 21.7. The lowest BCUT2D eigenvalue weighted by atomic mass is 9.95. The molecular weight excluding hydrogens is 388 g/mol. The molecule has 1 amide bonds. The smallest absolute Gasteiger partial charge is 0.326 e. The van der Waals surface area contributed by atoms with Gasteiger partial charge >= 0.3 is 11.9 Å². The Morgan fingerprint density at radius 1 is 1.30 bits per heavy atom. The second-order valence-corrected chi connectivity index (χ2v) is 8.12. The summed E-state index contributed by atoms with van der Waals surface area (Å²) in [5, 5.41) is 12.7. The Balaban J connectivity index is 1.71. The maximum atomic E-state index is 13.3. The van der Waals surface area contributed by atoms with E-state index in [0.29, 0.717) is 45.3 Å². The lowest BCUT2D eigenvalue weighted by molar-refractivity contribution is -0.154. The first-order valence-corrected chi connectivity index (χ1v) is 10.4. The summed E-state index contributed by atoms with van der Waals surface area (Å²) in [4.78, 5) is 38.9. The molecule has 4 atom stereocenters. The van der Waals surface area contributed by atoms with Crippen molar-refractivity contribution < 1.29 is 29.0 Å². The Kier molecular flexibility index (Phi) is 7.10. The molecule has 8 heteroatoms. The number of hydrogen-bond donors (Lipinski definition) is 2. The van der Waals surface area contributed by atoms with E-state index >= 15 is 0 Å². The van der Waals surface area contributed by atoms with Crippen LogP contribution < -0.4 is 5.32 Å². The first-order valence-electron chi connectivity index (χ1n) is 10.4. The van der Waals surface area contributed by atoms with Gasteiger partial charge in [0.05, 0.1) is 25.3 Å². The van der Waals surface area contributed by atoms with Gasteiger partial charge in [-0.1, -0.05) is 30.3 Å². The molecule has 2 heterocycles. The molecule has 2 aliphatic heterocycles. The number of ether oxygens (including phenoxy) is 2. The second-order valence-electron chi connectivity index (χ2n) is 8.12. The molecule has 2 saturated heterocycles. The van der Waals surface area contributed by atoms with Crippen molar-refractivity contribution in [2.75, 3.05) is 20.3 Å². The zero-order valence-electron chi connectivity index (χ0n) is 17.5. The molecule has 164 valence electrons. The molecule has 1 aromatic carbocycles. The fraction of sp³-hybridized carbons (Fsp3) is 0.591. The van der Waals surface area contributed by atoms with Gasteiger partial charge < -0.3 is 19.5 Å². The first kappa shape index (κ1) is 22.2. The van der Waals surface area contributed by atoms with Crippen LogP contribution in [0, 0.1) is 0 Å². The highest BCUT2D eigenvalue weighted by Crippen LogP contribution is 2.40. The van der Waals surface area contributed by atoms with Crippen LogP contribution in [0.15, 0.2) is 30.3 Å². The Hall–Kier alpha value is -2.45. The van der Waals surface area contributed by atoms with Gasteiger partial charge in [-0.05, 0) is 44.6 Å². The van der Waals surface area contributed by atoms with Gasteiger partial charge in [0.2, 0.25) is 5.91 Å². The van der Waals surface area contributed by atoms with Crippen molar-refractivity contribution in [2.24, 2.45) is 0 Å². The van der Waals surface area contributed by atoms with Gasteiger partial charge in [-0.15, -0.1) is 0 Å². The van der Waals surface area contributed by atoms with E-state index in [1.54, 1.807) is 6.92 Å². The number of methoxy groups -OCH3 is 1. The number of nitrogens with zero attached hydrogens (tertiary/aromatic N) is 1. The number of aryl methyl sites for hydroxylation is 1. The van der Waals surface area contributed by atoms with Crippen LogP contribution in [0.2, 0.25) is 0 Å². The number of carbonyl (C=O) groups is 3. The molecule has 8 nitrogen and oxygen atoms in total. The number of aliphatic carboxylic acids is 1. The first-order chi connectivity index (χ1) is 14.4. The highest BCUT2D eigenvalue weighted by Gasteiger charge is 2.54. The van der Waals surface area contributed by atoms with Crippen molar-refractivity contribution in [2.45, 2.75) is 62.7 Å². The topological polar surface area (TPSA) is 105 Å². The van der Waals surface area contributed by atoms with Crippen LogP contribution >= 0.6 is 0 Å². The summed E-state index contributed by atoms with van der Waals surface area (Å²) in [6, 6.07) is 7.48. The number of carboxylic acid groups (broad SMARTS) is 1. The molecule has 3 rings (SSSR count). The van der Waals surface area contributed by atoms with Crippen LogP contribution in [0.1, 0.15) is 38.2 Å². The molecule has 0 aliphatic carbocycles. The quantitative estimate of drug-likeness (QED) is 0.615. The number of nitrogens with one attached hydrogen (secondary N) is 1. The molecule has 1 aromatic rings. The van der Waals surface area contributed by atoms with Crippen molar-refractivity contribution >= 4 is 17.8 Å². The number of rotatable bonds is 8. The van der Waals surface area contributed by atoms with Crippen LogP contribution in [0.3, 0.4) is 0 Å². The third-order valence-corrected chi connectivity index (χ3v) is 6.18. The predicted octanol–water partition coefficient (Wildman–Crippen LogP) is 1.37. The lowest BCUT2D eigenvalue weighted by Crippen LogP contribution is -2.59. The van der Waals surface area contributed by atoms with E-state index in [-0.39, 0.29) is 5.91 Å². The van der Waals surface area contributed by atoms with E-state index in [9.17, 15) is 19.5 Å². The fourth-order valence-corrected chi connectivity index (χ4v) is 4.54. The molecule has 2 fully saturated rings. The summed E-state index contributed by atoms with van der Waals surface area (Å²) >= 11 is 0. The summed E-state index contributed by atoms with van der Waals surface area (Å²) in [5.41, 5.74) is 0.515. The summed E-state index contributed by atoms with van der Waals surface area (Å²) in [6.07, 6.45) is 2.75. The number of carboxylic acids is 1. The molecular formula is C22H30N2O6. The van der Waals surface area contributed by atoms with Crippen LogP contribution in [-0.4, -0.2) is 71.8 Å². The summed E-state index contributed by atoms with van der Waals surface area (Å²) in [5.74, 6) is -1.77. The minimum Gasteiger partial charge on any atom is -0.480 e. The Bertz CT molecular complexity index is 762. The largest absolute Gasteiger partial charge is 0.480 e. The van der Waals surface area contributed by atoms with E-state index in [4.69, 9.17) is 9.47 Å². The summed E-state index contributed by atoms with van der Waals surface area (Å²) in [6.45, 7) is 2.53. The summed E-state index contributed by atoms with van der Waals surface area (Å²) in [7, 11) is 1.32. The fourth-order valence-electron chi connectivity index (χ4n) is 4.54. The molecule has 0 radical (unpaired) electrons. The Labute approximate surface area is 176 Å². The highest BCUT2D eigenvalue weighted by atomic mass is 16.5. The third-order valence-electron chi connectivity index (χ3n) is 6.18. The predicted molar refractivity (Wildman–Crippen MR) is 109 cm³/mol. The zero-order valence-corrected chi connectivity index (χ0v) is 17.5. The lowest BCUT2D eigenvalue weighted by Gasteiger charge is -2.38. The molecule has 30 heavy (non-hydrogen) atoms. The minimum absolute atomic E-state index is 0.320. The van der Waals surface area contributed by atoms with Gasteiger partial charge in [0.1, 0.15) is 12.1 Å². The normalized spacial score (nSPS) is 25.3. The number of carbonyl (C=O) groups excluding carboxylic acids is 2. The van der Waals surface area contributed by atoms with Crippen LogP contribution in [0.5, 0.6) is 0 Å². The number of hydrogen-bond acceptors (Lipinski definition) is 6. The van der Waals surface area contributed by atoms with E-state index in [1.165, 1.54) is 12.0 Å². The highest BCUT2D eigenvalue weighted by molar-refractivity contribution is 5.89. The monoisotopic (exact) mass is 418 g/mol. The van der Waals surface area contributed by atoms with Gasteiger partial charge in [-0.25, -0.2) is 4.79 Å². The Morgan fingerprint density at radius 3 is 2.63 bits per heavy atom. The number of benzene rings is 1. The molecule has 0 bridgehead atoms. The van der Waals surface area contributed by atoms with Gasteiger partial charge in [0.15, 0.2) is 0 Å². The number of likely N-dealkylation sites (tertiary alicyclic amines) is 1. The molecule has 1 spiro atoms. The average Bonchev–Trinajstić information content (AvgIpc) is 3.38. The number of esters is 1. The molecule has 2 unspecified atom stereocenters. The average molecular weight is 418 g/mol. The van der Waals surface area contributed by atoms with Crippen LogP contribution in [-0.2, 0) is 30.3 Å². The van der Waals surface area contributed by atoms with Crippen molar-refractivity contribution in [3.8, 4) is 0 Å². The van der Waals surface area contributed by atoms with Crippen molar-refractivity contribution in [1.82, 2.24) is 10.2 Å². The van der Waals surface area contributed by atoms with E-state index in [2.05, 4.69) is 5.32 Å². The van der Waals surface area contributed by atoms with Gasteiger partial charge in [0.25, 0.3) is 0 Å². The maximum absolute atomic E-state index is 13.3. The van der Waals surface area contributed by atoms with E-state index in [0.717, 1.165) is 5.56 Å². The van der Waals surface area contributed by atoms with E-state index in [1.807, 2.05) is 30.3 Å². The van der Waals surface area contributed by atoms with Crippen molar-refractivity contribution in [3.63, 3.8) is 0 Å². The molecule has 2 N–H and O–H groups in total. The molecule has 0 aromatic heterocycles. The van der Waals surface area contributed by atoms with Crippen LogP contribution in [0.25, 0.3) is 0 Å². The standard InChI is InChI=1S/C22H30N2O6/c1-15(23-17(21(28)29-2)9-8-16-6-4-3-5-7-16)19(25)24-18(20(26)27)10-11-22(24)12-13-30-14-22/h3-7,15,17-18,23H,8-14H2,1-2H3,(H,26,27)/t15-,17?,18-,22?/m0/s1. The number of amides is 1. The van der Waals surface area contributed by atoms with Crippen LogP contribution in [0.4, 0.5) is 0 Å². The van der Waals surface area contributed by atoms with Gasteiger partial charge in [-0.3, -0.25) is 14.9 Å². The van der Waals surface area contributed by atoms with Crippen molar-refractivity contribution in [3.05, 3.63) is 35.9 Å². The SMILES string of the molecule is COC(=O)C(CCc1ccccc1)N[C@@H](C)C(=O)N1[C@H](C(=O)O)CCC12CCOC2. The van der Waals surface area contributed by atoms with E-state index < -0.39 is 35.6 Å². The van der Waals surface area contributed by atoms with Gasteiger partial charge in [0, 0.05) is 6.61 Å². The van der Waals surface area contributed by atoms with Gasteiger partial charge in [-0.2, -0.15) is 0 Å². The minimum atomic E-state index is -1.01. The summed E-state index contributed by atoms with van der Waals surface area (Å²) < 4.78 is 10.4. The van der Waals surface area contributed by atoms with Crippen molar-refractivity contribution in [1.29, 1.82) is 0 Å². The molecule has 0 saturated carbocycles. The third kappa shape index (κ3) is 4.65. The second kappa shape index (κ2) is 9.57. The molecule has 2 aliphatic rings. The Morgan fingerprint density at radius 2 is 2.03 bits per heavy atom.